The number of amides is 2. The highest BCUT2D eigenvalue weighted by Crippen LogP contribution is 2.10. The molecule has 1 aliphatic heterocycles. The van der Waals surface area contributed by atoms with Gasteiger partial charge in [-0.15, -0.1) is 0 Å². The second kappa shape index (κ2) is 8.03. The molecule has 1 fully saturated rings. The number of hydrogen-bond acceptors (Lipinski definition) is 4. The van der Waals surface area contributed by atoms with Crippen LogP contribution in [0.4, 0.5) is 4.39 Å². The lowest BCUT2D eigenvalue weighted by atomic mass is 10.0. The normalized spacial score (nSPS) is 18.7. The van der Waals surface area contributed by atoms with E-state index in [0.29, 0.717) is 6.42 Å². The Labute approximate surface area is 135 Å². The van der Waals surface area contributed by atoms with Gasteiger partial charge in [0, 0.05) is 6.54 Å². The minimum Gasteiger partial charge on any atom is -0.340 e. The van der Waals surface area contributed by atoms with E-state index in [0.717, 1.165) is 13.0 Å². The van der Waals surface area contributed by atoms with E-state index in [1.165, 1.54) is 18.2 Å². The molecular formula is C16H23FN4O2. The van der Waals surface area contributed by atoms with Crippen LogP contribution in [-0.4, -0.2) is 30.6 Å². The molecule has 1 heterocycles. The molecule has 6 nitrogen and oxygen atoms in total. The summed E-state index contributed by atoms with van der Waals surface area (Å²) in [5.74, 6) is -1.25. The smallest absolute Gasteiger partial charge is 0.254 e. The van der Waals surface area contributed by atoms with E-state index in [1.54, 1.807) is 6.07 Å². The molecule has 0 spiro atoms. The predicted octanol–water partition coefficient (Wildman–Crippen LogP) is 0.910. The van der Waals surface area contributed by atoms with Crippen molar-refractivity contribution in [1.82, 2.24) is 21.5 Å². The highest BCUT2D eigenvalue weighted by molar-refractivity contribution is 5.97. The van der Waals surface area contributed by atoms with Crippen LogP contribution in [0.1, 0.15) is 37.0 Å². The molecule has 0 aromatic heterocycles. The lowest BCUT2D eigenvalue weighted by molar-refractivity contribution is -0.124. The van der Waals surface area contributed by atoms with Crippen molar-refractivity contribution >= 4 is 11.8 Å². The molecule has 0 bridgehead atoms. The maximum Gasteiger partial charge on any atom is 0.254 e. The molecule has 2 rings (SSSR count). The molecular weight excluding hydrogens is 299 g/mol. The minimum atomic E-state index is -0.704. The van der Waals surface area contributed by atoms with Crippen molar-refractivity contribution in [3.8, 4) is 0 Å². The van der Waals surface area contributed by atoms with Gasteiger partial charge in [0.1, 0.15) is 11.9 Å². The average molecular weight is 322 g/mol. The van der Waals surface area contributed by atoms with Crippen molar-refractivity contribution in [2.45, 2.75) is 38.9 Å². The van der Waals surface area contributed by atoms with Gasteiger partial charge in [-0.3, -0.25) is 15.0 Å². The zero-order valence-electron chi connectivity index (χ0n) is 13.4. The van der Waals surface area contributed by atoms with Gasteiger partial charge in [0.15, 0.2) is 0 Å². The maximum atomic E-state index is 13.7. The highest BCUT2D eigenvalue weighted by atomic mass is 19.1. The molecule has 1 unspecified atom stereocenters. The maximum absolute atomic E-state index is 13.7. The van der Waals surface area contributed by atoms with E-state index in [4.69, 9.17) is 0 Å². The van der Waals surface area contributed by atoms with Crippen LogP contribution in [0.15, 0.2) is 24.3 Å². The summed E-state index contributed by atoms with van der Waals surface area (Å²) < 4.78 is 13.7. The van der Waals surface area contributed by atoms with Gasteiger partial charge in [-0.25, -0.2) is 9.82 Å². The fourth-order valence-corrected chi connectivity index (χ4v) is 2.45. The number of hydrazine groups is 1. The SMILES string of the molecule is CC(C)CC(NC(=O)c1ccccc1F)C(=O)N[C@@H]1CCNN1. The first kappa shape index (κ1) is 17.4. The molecule has 0 aliphatic carbocycles. The van der Waals surface area contributed by atoms with Gasteiger partial charge >= 0.3 is 0 Å². The zero-order valence-corrected chi connectivity index (χ0v) is 13.4. The number of carbonyl (C=O) groups excluding carboxylic acids is 2. The molecule has 2 amide bonds. The minimum absolute atomic E-state index is 0.0604. The van der Waals surface area contributed by atoms with Gasteiger partial charge in [0.2, 0.25) is 5.91 Å². The van der Waals surface area contributed by atoms with Crippen molar-refractivity contribution in [3.05, 3.63) is 35.6 Å². The number of rotatable bonds is 6. The van der Waals surface area contributed by atoms with Crippen LogP contribution < -0.4 is 21.5 Å². The summed E-state index contributed by atoms with van der Waals surface area (Å²) in [6, 6.07) is 5.02. The average Bonchev–Trinajstić information content (AvgIpc) is 2.99. The molecule has 7 heteroatoms. The number of benzene rings is 1. The van der Waals surface area contributed by atoms with Gasteiger partial charge < -0.3 is 10.6 Å². The Morgan fingerprint density at radius 1 is 1.35 bits per heavy atom. The zero-order chi connectivity index (χ0) is 16.8. The Morgan fingerprint density at radius 2 is 2.09 bits per heavy atom. The molecule has 1 aliphatic rings. The fraction of sp³-hybridized carbons (Fsp3) is 0.500. The summed E-state index contributed by atoms with van der Waals surface area (Å²) in [7, 11) is 0. The standard InChI is InChI=1S/C16H23FN4O2/c1-10(2)9-13(16(23)20-14-7-8-18-21-14)19-15(22)11-5-3-4-6-12(11)17/h3-6,10,13-14,18,21H,7-9H2,1-2H3,(H,19,22)(H,20,23)/t13?,14-/m0/s1. The first-order valence-electron chi connectivity index (χ1n) is 7.81. The molecule has 1 aromatic carbocycles. The topological polar surface area (TPSA) is 82.3 Å². The van der Waals surface area contributed by atoms with Gasteiger partial charge in [-0.2, -0.15) is 0 Å². The van der Waals surface area contributed by atoms with Crippen molar-refractivity contribution in [3.63, 3.8) is 0 Å². The summed E-state index contributed by atoms with van der Waals surface area (Å²) in [6.45, 7) is 4.69. The van der Waals surface area contributed by atoms with E-state index >= 15 is 0 Å². The van der Waals surface area contributed by atoms with E-state index < -0.39 is 17.8 Å². The molecule has 0 saturated carbocycles. The van der Waals surface area contributed by atoms with Gasteiger partial charge in [-0.1, -0.05) is 26.0 Å². The van der Waals surface area contributed by atoms with Crippen molar-refractivity contribution in [2.75, 3.05) is 6.54 Å². The van der Waals surface area contributed by atoms with Crippen molar-refractivity contribution in [2.24, 2.45) is 5.92 Å². The first-order chi connectivity index (χ1) is 11.0. The summed E-state index contributed by atoms with van der Waals surface area (Å²) >= 11 is 0. The molecule has 1 aromatic rings. The Morgan fingerprint density at radius 3 is 2.70 bits per heavy atom. The van der Waals surface area contributed by atoms with E-state index in [2.05, 4.69) is 21.5 Å². The monoisotopic (exact) mass is 322 g/mol. The number of hydrogen-bond donors (Lipinski definition) is 4. The molecule has 4 N–H and O–H groups in total. The van der Waals surface area contributed by atoms with E-state index in [9.17, 15) is 14.0 Å². The Bertz CT molecular complexity index is 559. The molecule has 1 saturated heterocycles. The van der Waals surface area contributed by atoms with E-state index in [1.807, 2.05) is 13.8 Å². The van der Waals surface area contributed by atoms with Crippen LogP contribution in [0.3, 0.4) is 0 Å². The number of carbonyl (C=O) groups is 2. The van der Waals surface area contributed by atoms with Gasteiger partial charge in [0.05, 0.1) is 11.7 Å². The molecule has 2 atom stereocenters. The van der Waals surface area contributed by atoms with Crippen LogP contribution in [0.5, 0.6) is 0 Å². The molecule has 126 valence electrons. The fourth-order valence-electron chi connectivity index (χ4n) is 2.45. The van der Waals surface area contributed by atoms with Crippen molar-refractivity contribution < 1.29 is 14.0 Å². The lowest BCUT2D eigenvalue weighted by Crippen LogP contribution is -2.53. The van der Waals surface area contributed by atoms with Crippen LogP contribution in [0.25, 0.3) is 0 Å². The van der Waals surface area contributed by atoms with E-state index in [-0.39, 0.29) is 23.6 Å². The second-order valence-electron chi connectivity index (χ2n) is 6.06. The van der Waals surface area contributed by atoms with Crippen LogP contribution in [0.2, 0.25) is 0 Å². The summed E-state index contributed by atoms with van der Waals surface area (Å²) in [6.07, 6.45) is 1.08. The largest absolute Gasteiger partial charge is 0.340 e. The van der Waals surface area contributed by atoms with Gasteiger partial charge in [-0.05, 0) is 30.9 Å². The predicted molar refractivity (Wildman–Crippen MR) is 84.8 cm³/mol. The molecule has 0 radical (unpaired) electrons. The highest BCUT2D eigenvalue weighted by Gasteiger charge is 2.26. The number of nitrogens with one attached hydrogen (secondary N) is 4. The molecule has 23 heavy (non-hydrogen) atoms. The van der Waals surface area contributed by atoms with Crippen LogP contribution >= 0.6 is 0 Å². The summed E-state index contributed by atoms with van der Waals surface area (Å²) in [5, 5.41) is 5.47. The van der Waals surface area contributed by atoms with Gasteiger partial charge in [0.25, 0.3) is 5.91 Å². The summed E-state index contributed by atoms with van der Waals surface area (Å²) in [4.78, 5) is 24.6. The van der Waals surface area contributed by atoms with Crippen LogP contribution in [0, 0.1) is 11.7 Å². The van der Waals surface area contributed by atoms with Crippen LogP contribution in [-0.2, 0) is 4.79 Å². The number of halogens is 1. The summed E-state index contributed by atoms with van der Waals surface area (Å²) in [5.41, 5.74) is 5.80. The Balaban J connectivity index is 2.03. The first-order valence-corrected chi connectivity index (χ1v) is 7.81. The quantitative estimate of drug-likeness (QED) is 0.627. The third-order valence-corrected chi connectivity index (χ3v) is 3.60. The lowest BCUT2D eigenvalue weighted by Gasteiger charge is -2.22. The third-order valence-electron chi connectivity index (χ3n) is 3.60. The Kier molecular flexibility index (Phi) is 6.06. The second-order valence-corrected chi connectivity index (χ2v) is 6.06. The third kappa shape index (κ3) is 5.01. The Hall–Kier alpha value is -1.99. The van der Waals surface area contributed by atoms with Crippen molar-refractivity contribution in [1.29, 1.82) is 0 Å².